The number of nitrogens with zero attached hydrogens (tertiary/aromatic N) is 2. The maximum Gasteiger partial charge on any atom is 0.313 e. The standard InChI is InChI=1S/C23H28N4O6/c1-26-10-4-5-17(22(26)30)23(31)27-11-8-15(9-12-27)14-24-20(28)21(29)25-16-6-7-18(32-2)19(13-16)33-3/h4-7,10,13,15H,8-9,11-12,14H2,1-3H3,(H,24,28)(H,25,29). The number of carbonyl (C=O) groups is 3. The zero-order chi connectivity index (χ0) is 24.0. The SMILES string of the molecule is COc1ccc(NC(=O)C(=O)NCC2CCN(C(=O)c3cccn(C)c3=O)CC2)cc1OC. The smallest absolute Gasteiger partial charge is 0.313 e. The number of nitrogens with one attached hydrogen (secondary N) is 2. The summed E-state index contributed by atoms with van der Waals surface area (Å²) in [6.07, 6.45) is 2.93. The largest absolute Gasteiger partial charge is 0.493 e. The number of hydrogen-bond acceptors (Lipinski definition) is 6. The molecule has 1 aromatic heterocycles. The normalized spacial score (nSPS) is 13.8. The molecule has 176 valence electrons. The van der Waals surface area contributed by atoms with E-state index < -0.39 is 11.8 Å². The first-order valence-corrected chi connectivity index (χ1v) is 10.6. The van der Waals surface area contributed by atoms with Gasteiger partial charge in [-0.1, -0.05) is 0 Å². The molecule has 10 heteroatoms. The van der Waals surface area contributed by atoms with E-state index in [4.69, 9.17) is 9.47 Å². The molecule has 2 N–H and O–H groups in total. The zero-order valence-electron chi connectivity index (χ0n) is 18.9. The highest BCUT2D eigenvalue weighted by atomic mass is 16.5. The summed E-state index contributed by atoms with van der Waals surface area (Å²) < 4.78 is 11.7. The Morgan fingerprint density at radius 2 is 1.73 bits per heavy atom. The van der Waals surface area contributed by atoms with Gasteiger partial charge in [0.25, 0.3) is 11.5 Å². The van der Waals surface area contributed by atoms with Crippen LogP contribution in [0.2, 0.25) is 0 Å². The predicted octanol–water partition coefficient (Wildman–Crippen LogP) is 1.01. The quantitative estimate of drug-likeness (QED) is 0.627. The Bertz CT molecular complexity index is 1090. The second-order valence-corrected chi connectivity index (χ2v) is 7.81. The molecule has 33 heavy (non-hydrogen) atoms. The monoisotopic (exact) mass is 456 g/mol. The molecule has 1 aliphatic heterocycles. The number of piperidine rings is 1. The molecule has 10 nitrogen and oxygen atoms in total. The van der Waals surface area contributed by atoms with Gasteiger partial charge in [-0.05, 0) is 43.0 Å². The van der Waals surface area contributed by atoms with Crippen molar-refractivity contribution in [2.75, 3.05) is 39.2 Å². The minimum atomic E-state index is -0.783. The Morgan fingerprint density at radius 3 is 2.39 bits per heavy atom. The Morgan fingerprint density at radius 1 is 1.03 bits per heavy atom. The summed E-state index contributed by atoms with van der Waals surface area (Å²) in [6, 6.07) is 8.01. The molecule has 3 rings (SSSR count). The maximum absolute atomic E-state index is 12.7. The fraction of sp³-hybridized carbons (Fsp3) is 0.391. The van der Waals surface area contributed by atoms with Crippen LogP contribution < -0.4 is 25.7 Å². The number of carbonyl (C=O) groups excluding carboxylic acids is 3. The van der Waals surface area contributed by atoms with E-state index in [2.05, 4.69) is 10.6 Å². The molecule has 0 spiro atoms. The molecule has 1 saturated heterocycles. The van der Waals surface area contributed by atoms with Crippen molar-refractivity contribution in [1.29, 1.82) is 0 Å². The van der Waals surface area contributed by atoms with Crippen LogP contribution in [-0.4, -0.2) is 61.0 Å². The molecule has 1 aliphatic rings. The Labute approximate surface area is 191 Å². The average Bonchev–Trinajstić information content (AvgIpc) is 2.84. The molecule has 0 bridgehead atoms. The van der Waals surface area contributed by atoms with Crippen LogP contribution in [0, 0.1) is 5.92 Å². The van der Waals surface area contributed by atoms with Gasteiger partial charge in [0.05, 0.1) is 14.2 Å². The fourth-order valence-corrected chi connectivity index (χ4v) is 3.69. The third-order valence-electron chi connectivity index (χ3n) is 5.65. The van der Waals surface area contributed by atoms with Gasteiger partial charge in [0.1, 0.15) is 5.56 Å². The number of aryl methyl sites for hydroxylation is 1. The zero-order valence-corrected chi connectivity index (χ0v) is 18.9. The van der Waals surface area contributed by atoms with Crippen molar-refractivity contribution in [3.8, 4) is 11.5 Å². The van der Waals surface area contributed by atoms with Crippen LogP contribution in [0.4, 0.5) is 5.69 Å². The summed E-state index contributed by atoms with van der Waals surface area (Å²) in [5.41, 5.74) is 0.239. The highest BCUT2D eigenvalue weighted by Gasteiger charge is 2.26. The van der Waals surface area contributed by atoms with Crippen molar-refractivity contribution in [3.05, 3.63) is 52.4 Å². The molecule has 0 unspecified atom stereocenters. The van der Waals surface area contributed by atoms with Gasteiger partial charge in [-0.15, -0.1) is 0 Å². The molecule has 2 aromatic rings. The number of likely N-dealkylation sites (tertiary alicyclic amines) is 1. The van der Waals surface area contributed by atoms with Crippen molar-refractivity contribution >= 4 is 23.4 Å². The first-order chi connectivity index (χ1) is 15.8. The summed E-state index contributed by atoms with van der Waals surface area (Å²) in [7, 11) is 4.59. The highest BCUT2D eigenvalue weighted by molar-refractivity contribution is 6.39. The molecule has 2 heterocycles. The van der Waals surface area contributed by atoms with Crippen LogP contribution in [0.15, 0.2) is 41.3 Å². The minimum absolute atomic E-state index is 0.130. The number of ether oxygens (including phenoxy) is 2. The van der Waals surface area contributed by atoms with E-state index in [9.17, 15) is 19.2 Å². The Balaban J connectivity index is 1.47. The number of pyridine rings is 1. The lowest BCUT2D eigenvalue weighted by Gasteiger charge is -2.32. The van der Waals surface area contributed by atoms with Gasteiger partial charge in [0.2, 0.25) is 0 Å². The van der Waals surface area contributed by atoms with Gasteiger partial charge in [0, 0.05) is 44.6 Å². The predicted molar refractivity (Wildman–Crippen MR) is 121 cm³/mol. The summed E-state index contributed by atoms with van der Waals surface area (Å²) in [6.45, 7) is 1.29. The second-order valence-electron chi connectivity index (χ2n) is 7.81. The van der Waals surface area contributed by atoms with E-state index in [0.29, 0.717) is 49.7 Å². The van der Waals surface area contributed by atoms with Crippen molar-refractivity contribution in [1.82, 2.24) is 14.8 Å². The lowest BCUT2D eigenvalue weighted by atomic mass is 9.96. The Hall–Kier alpha value is -3.82. The number of methoxy groups -OCH3 is 2. The second kappa shape index (κ2) is 10.7. The number of benzene rings is 1. The Kier molecular flexibility index (Phi) is 7.70. The number of amides is 3. The molecule has 3 amide bonds. The topological polar surface area (TPSA) is 119 Å². The van der Waals surface area contributed by atoms with Gasteiger partial charge in [-0.2, -0.15) is 0 Å². The van der Waals surface area contributed by atoms with Crippen LogP contribution in [-0.2, 0) is 16.6 Å². The van der Waals surface area contributed by atoms with E-state index >= 15 is 0 Å². The first kappa shape index (κ1) is 23.8. The van der Waals surface area contributed by atoms with Crippen molar-refractivity contribution < 1.29 is 23.9 Å². The number of aromatic nitrogens is 1. The van der Waals surface area contributed by atoms with Crippen LogP contribution in [0.25, 0.3) is 0 Å². The maximum atomic E-state index is 12.7. The van der Waals surface area contributed by atoms with Gasteiger partial charge < -0.3 is 29.6 Å². The highest BCUT2D eigenvalue weighted by Crippen LogP contribution is 2.29. The van der Waals surface area contributed by atoms with E-state index in [0.717, 1.165) is 0 Å². The van der Waals surface area contributed by atoms with E-state index in [1.807, 2.05) is 0 Å². The van der Waals surface area contributed by atoms with E-state index in [-0.39, 0.29) is 22.9 Å². The molecule has 0 atom stereocenters. The number of rotatable bonds is 6. The summed E-state index contributed by atoms with van der Waals surface area (Å²) in [5, 5.41) is 5.19. The van der Waals surface area contributed by atoms with E-state index in [1.165, 1.54) is 24.9 Å². The summed E-state index contributed by atoms with van der Waals surface area (Å²) >= 11 is 0. The third-order valence-corrected chi connectivity index (χ3v) is 5.65. The van der Waals surface area contributed by atoms with Gasteiger partial charge >= 0.3 is 11.8 Å². The minimum Gasteiger partial charge on any atom is -0.493 e. The lowest BCUT2D eigenvalue weighted by Crippen LogP contribution is -2.44. The van der Waals surface area contributed by atoms with Crippen LogP contribution in [0.5, 0.6) is 11.5 Å². The lowest BCUT2D eigenvalue weighted by molar-refractivity contribution is -0.136. The summed E-state index contributed by atoms with van der Waals surface area (Å²) in [5.74, 6) is -0.730. The molecule has 1 aromatic carbocycles. The molecule has 1 fully saturated rings. The van der Waals surface area contributed by atoms with E-state index in [1.54, 1.807) is 42.4 Å². The van der Waals surface area contributed by atoms with Gasteiger partial charge in [-0.25, -0.2) is 0 Å². The summed E-state index contributed by atoms with van der Waals surface area (Å²) in [4.78, 5) is 50.9. The van der Waals surface area contributed by atoms with Crippen LogP contribution in [0.3, 0.4) is 0 Å². The molecule has 0 saturated carbocycles. The fourth-order valence-electron chi connectivity index (χ4n) is 3.69. The van der Waals surface area contributed by atoms with Crippen LogP contribution >= 0.6 is 0 Å². The van der Waals surface area contributed by atoms with Crippen molar-refractivity contribution in [3.63, 3.8) is 0 Å². The molecule has 0 aliphatic carbocycles. The number of hydrogen-bond donors (Lipinski definition) is 2. The first-order valence-electron chi connectivity index (χ1n) is 10.6. The van der Waals surface area contributed by atoms with Crippen molar-refractivity contribution in [2.24, 2.45) is 13.0 Å². The van der Waals surface area contributed by atoms with Crippen LogP contribution in [0.1, 0.15) is 23.2 Å². The average molecular weight is 456 g/mol. The molecular weight excluding hydrogens is 428 g/mol. The molecular formula is C23H28N4O6. The molecule has 0 radical (unpaired) electrons. The third kappa shape index (κ3) is 5.71. The van der Waals surface area contributed by atoms with Gasteiger partial charge in [-0.3, -0.25) is 19.2 Å². The van der Waals surface area contributed by atoms with Crippen molar-refractivity contribution in [2.45, 2.75) is 12.8 Å². The van der Waals surface area contributed by atoms with Gasteiger partial charge in [0.15, 0.2) is 11.5 Å². The number of anilines is 1.